The lowest BCUT2D eigenvalue weighted by Gasteiger charge is -2.10. The Balaban J connectivity index is 1.52. The van der Waals surface area contributed by atoms with E-state index in [0.717, 1.165) is 11.8 Å². The highest BCUT2D eigenvalue weighted by Gasteiger charge is 2.65. The lowest BCUT2D eigenvalue weighted by atomic mass is 10.0. The average molecular weight is 310 g/mol. The van der Waals surface area contributed by atoms with E-state index in [1.807, 2.05) is 7.05 Å². The monoisotopic (exact) mass is 310 g/mol. The third kappa shape index (κ3) is 2.07. The number of hydrogen-bond acceptors (Lipinski definition) is 4. The van der Waals surface area contributed by atoms with Crippen LogP contribution in [0.15, 0.2) is 15.4 Å². The van der Waals surface area contributed by atoms with Crippen LogP contribution in [0, 0.1) is 30.6 Å². The topological polar surface area (TPSA) is 71.3 Å². The molecule has 3 aliphatic carbocycles. The van der Waals surface area contributed by atoms with Crippen LogP contribution in [0.25, 0.3) is 0 Å². The van der Waals surface area contributed by atoms with Gasteiger partial charge in [-0.3, -0.25) is 0 Å². The Bertz CT molecular complexity index is 650. The Morgan fingerprint density at radius 2 is 1.95 bits per heavy atom. The quantitative estimate of drug-likeness (QED) is 0.867. The minimum atomic E-state index is -3.46. The Hall–Kier alpha value is -0.850. The molecule has 21 heavy (non-hydrogen) atoms. The number of fused-ring (bicyclic) bond motifs is 5. The first-order valence-corrected chi connectivity index (χ1v) is 9.26. The Morgan fingerprint density at radius 1 is 1.29 bits per heavy atom. The summed E-state index contributed by atoms with van der Waals surface area (Å²) in [5.74, 6) is 3.86. The molecule has 0 radical (unpaired) electrons. The molecule has 0 aromatic carbocycles. The summed E-state index contributed by atoms with van der Waals surface area (Å²) >= 11 is 0. The van der Waals surface area contributed by atoms with Crippen molar-refractivity contribution in [3.8, 4) is 0 Å². The summed E-state index contributed by atoms with van der Waals surface area (Å²) in [6.07, 6.45) is 3.91. The van der Waals surface area contributed by atoms with Crippen LogP contribution in [0.3, 0.4) is 0 Å². The van der Waals surface area contributed by atoms with E-state index in [2.05, 4.69) is 10.0 Å². The number of hydrogen-bond donors (Lipinski definition) is 2. The summed E-state index contributed by atoms with van der Waals surface area (Å²) in [5, 5.41) is 2.97. The molecule has 2 bridgehead atoms. The van der Waals surface area contributed by atoms with Crippen LogP contribution in [-0.2, 0) is 16.6 Å². The minimum absolute atomic E-state index is 0.170. The van der Waals surface area contributed by atoms with Gasteiger partial charge in [0.1, 0.15) is 16.4 Å². The fourth-order valence-corrected chi connectivity index (χ4v) is 6.28. The maximum atomic E-state index is 12.6. The van der Waals surface area contributed by atoms with E-state index in [4.69, 9.17) is 4.42 Å². The first kappa shape index (κ1) is 13.8. The van der Waals surface area contributed by atoms with Crippen LogP contribution in [0.1, 0.15) is 30.8 Å². The second-order valence-electron chi connectivity index (χ2n) is 6.80. The van der Waals surface area contributed by atoms with Gasteiger partial charge in [0.2, 0.25) is 10.0 Å². The van der Waals surface area contributed by atoms with E-state index in [0.29, 0.717) is 34.8 Å². The van der Waals surface area contributed by atoms with Crippen LogP contribution < -0.4 is 10.0 Å². The van der Waals surface area contributed by atoms with Gasteiger partial charge in [-0.2, -0.15) is 0 Å². The largest absolute Gasteiger partial charge is 0.464 e. The lowest BCUT2D eigenvalue weighted by molar-refractivity contribution is 0.456. The van der Waals surface area contributed by atoms with Gasteiger partial charge in [0, 0.05) is 12.1 Å². The number of sulfonamides is 1. The molecule has 1 aromatic rings. The second kappa shape index (κ2) is 4.57. The van der Waals surface area contributed by atoms with Gasteiger partial charge in [-0.25, -0.2) is 13.1 Å². The van der Waals surface area contributed by atoms with Crippen molar-refractivity contribution in [3.05, 3.63) is 17.6 Å². The van der Waals surface area contributed by atoms with Crippen molar-refractivity contribution >= 4 is 10.0 Å². The normalized spacial score (nSPS) is 37.0. The highest BCUT2D eigenvalue weighted by Crippen LogP contribution is 2.65. The lowest BCUT2D eigenvalue weighted by Crippen LogP contribution is -2.30. The van der Waals surface area contributed by atoms with Gasteiger partial charge in [0.25, 0.3) is 0 Å². The summed E-state index contributed by atoms with van der Waals surface area (Å²) in [6.45, 7) is 2.25. The molecule has 0 saturated heterocycles. The molecule has 116 valence electrons. The summed E-state index contributed by atoms with van der Waals surface area (Å²) in [7, 11) is -1.65. The fourth-order valence-electron chi connectivity index (χ4n) is 4.78. The molecule has 4 atom stereocenters. The van der Waals surface area contributed by atoms with Gasteiger partial charge < -0.3 is 9.73 Å². The van der Waals surface area contributed by atoms with Gasteiger partial charge >= 0.3 is 0 Å². The van der Waals surface area contributed by atoms with Gasteiger partial charge in [0.15, 0.2) is 0 Å². The number of aryl methyl sites for hydroxylation is 1. The molecular weight excluding hydrogens is 288 g/mol. The summed E-state index contributed by atoms with van der Waals surface area (Å²) < 4.78 is 33.6. The van der Waals surface area contributed by atoms with E-state index >= 15 is 0 Å². The van der Waals surface area contributed by atoms with Crippen LogP contribution in [0.5, 0.6) is 0 Å². The van der Waals surface area contributed by atoms with E-state index < -0.39 is 10.0 Å². The standard InChI is InChI=1S/C15H22N2O3S/c1-8-12(6-11(20-8)7-16-2)21(18,19)17-15-13-9-3-4-10(5-9)14(13)15/h6,9-10,13-17H,3-5,7H2,1-2H3. The van der Waals surface area contributed by atoms with E-state index in [1.54, 1.807) is 13.0 Å². The van der Waals surface area contributed by atoms with Gasteiger partial charge in [-0.05, 0) is 56.9 Å². The van der Waals surface area contributed by atoms with Gasteiger partial charge in [0.05, 0.1) is 6.54 Å². The van der Waals surface area contributed by atoms with Gasteiger partial charge in [-0.15, -0.1) is 0 Å². The molecule has 2 N–H and O–H groups in total. The molecular formula is C15H22N2O3S. The molecule has 1 aromatic heterocycles. The molecule has 0 amide bonds. The molecule has 0 aliphatic heterocycles. The fraction of sp³-hybridized carbons (Fsp3) is 0.733. The Labute approximate surface area is 125 Å². The van der Waals surface area contributed by atoms with Crippen molar-refractivity contribution in [2.24, 2.45) is 23.7 Å². The van der Waals surface area contributed by atoms with Crippen molar-refractivity contribution in [3.63, 3.8) is 0 Å². The van der Waals surface area contributed by atoms with Gasteiger partial charge in [-0.1, -0.05) is 0 Å². The van der Waals surface area contributed by atoms with E-state index in [9.17, 15) is 8.42 Å². The van der Waals surface area contributed by atoms with Crippen molar-refractivity contribution in [2.45, 2.75) is 43.7 Å². The van der Waals surface area contributed by atoms with E-state index in [-0.39, 0.29) is 6.04 Å². The molecule has 5 nitrogen and oxygen atoms in total. The zero-order chi connectivity index (χ0) is 14.8. The van der Waals surface area contributed by atoms with Crippen LogP contribution in [-0.4, -0.2) is 21.5 Å². The van der Waals surface area contributed by atoms with Crippen LogP contribution in [0.4, 0.5) is 0 Å². The van der Waals surface area contributed by atoms with Crippen molar-refractivity contribution < 1.29 is 12.8 Å². The Morgan fingerprint density at radius 3 is 2.57 bits per heavy atom. The molecule has 4 unspecified atom stereocenters. The SMILES string of the molecule is CNCc1cc(S(=O)(=O)NC2C3C4CCC(C4)C23)c(C)o1. The Kier molecular flexibility index (Phi) is 3.00. The van der Waals surface area contributed by atoms with Crippen molar-refractivity contribution in [2.75, 3.05) is 7.05 Å². The molecule has 3 saturated carbocycles. The number of furan rings is 1. The zero-order valence-electron chi connectivity index (χ0n) is 12.4. The molecule has 4 rings (SSSR count). The van der Waals surface area contributed by atoms with Crippen LogP contribution in [0.2, 0.25) is 0 Å². The second-order valence-corrected chi connectivity index (χ2v) is 8.48. The molecule has 1 heterocycles. The third-order valence-corrected chi connectivity index (χ3v) is 7.16. The predicted octanol–water partition coefficient (Wildman–Crippen LogP) is 1.63. The summed E-state index contributed by atoms with van der Waals surface area (Å²) in [4.78, 5) is 0.296. The zero-order valence-corrected chi connectivity index (χ0v) is 13.2. The highest BCUT2D eigenvalue weighted by atomic mass is 32.2. The molecule has 0 spiro atoms. The smallest absolute Gasteiger partial charge is 0.244 e. The molecule has 6 heteroatoms. The average Bonchev–Trinajstić information content (AvgIpc) is 2.83. The molecule has 3 aliphatic rings. The maximum absolute atomic E-state index is 12.6. The van der Waals surface area contributed by atoms with E-state index in [1.165, 1.54) is 19.3 Å². The molecule has 3 fully saturated rings. The summed E-state index contributed by atoms with van der Waals surface area (Å²) in [5.41, 5.74) is 0. The summed E-state index contributed by atoms with van der Waals surface area (Å²) in [6, 6.07) is 1.81. The first-order chi connectivity index (χ1) is 10.0. The number of nitrogens with one attached hydrogen (secondary N) is 2. The highest BCUT2D eigenvalue weighted by molar-refractivity contribution is 7.89. The van der Waals surface area contributed by atoms with Crippen molar-refractivity contribution in [1.82, 2.24) is 10.0 Å². The number of rotatable bonds is 5. The van der Waals surface area contributed by atoms with Crippen molar-refractivity contribution in [1.29, 1.82) is 0 Å². The minimum Gasteiger partial charge on any atom is -0.464 e. The van der Waals surface area contributed by atoms with Crippen LogP contribution >= 0.6 is 0 Å². The maximum Gasteiger partial charge on any atom is 0.244 e. The first-order valence-electron chi connectivity index (χ1n) is 7.77. The third-order valence-electron chi connectivity index (χ3n) is 5.59. The predicted molar refractivity (Wildman–Crippen MR) is 78.1 cm³/mol.